The molecule has 1 amide bonds. The van der Waals surface area contributed by atoms with Crippen LogP contribution in [0, 0.1) is 22.7 Å². The minimum absolute atomic E-state index is 0.0140. The molecule has 0 bridgehead atoms. The summed E-state index contributed by atoms with van der Waals surface area (Å²) < 4.78 is 40.4. The molecule has 0 saturated heterocycles. The highest BCUT2D eigenvalue weighted by molar-refractivity contribution is 7.89. The van der Waals surface area contributed by atoms with E-state index in [1.807, 2.05) is 23.6 Å². The molecule has 0 aliphatic heterocycles. The van der Waals surface area contributed by atoms with E-state index < -0.39 is 21.9 Å². The number of nitriles is 2. The Kier molecular flexibility index (Phi) is 11.1. The second-order valence-electron chi connectivity index (χ2n) is 8.30. The summed E-state index contributed by atoms with van der Waals surface area (Å²) in [5.74, 6) is -1.01. The van der Waals surface area contributed by atoms with Crippen molar-refractivity contribution in [3.8, 4) is 12.1 Å². The SMILES string of the molecule is CCOCCn1c(=NC(=O)c2ccc(S(=O)(=O)N(CCC#N)CCC#N)cc2)sc2cc(C(=O)OCC)ccc21. The molecule has 0 radical (unpaired) electrons. The number of carbonyl (C=O) groups is 2. The number of benzene rings is 2. The predicted octanol–water partition coefficient (Wildman–Crippen LogP) is 3.48. The molecule has 40 heavy (non-hydrogen) atoms. The Morgan fingerprint density at radius 3 is 2.25 bits per heavy atom. The van der Waals surface area contributed by atoms with Gasteiger partial charge in [0.2, 0.25) is 10.0 Å². The monoisotopic (exact) mass is 583 g/mol. The van der Waals surface area contributed by atoms with Crippen LogP contribution in [0.4, 0.5) is 0 Å². The first-order valence-corrected chi connectivity index (χ1v) is 14.8. The Balaban J connectivity index is 1.95. The first-order valence-electron chi connectivity index (χ1n) is 12.6. The van der Waals surface area contributed by atoms with E-state index in [1.54, 1.807) is 25.1 Å². The fourth-order valence-corrected chi connectivity index (χ4v) is 6.32. The van der Waals surface area contributed by atoms with Crippen molar-refractivity contribution in [3.05, 3.63) is 58.4 Å². The fourth-order valence-electron chi connectivity index (χ4n) is 3.79. The topological polar surface area (TPSA) is 155 Å². The minimum atomic E-state index is -3.96. The van der Waals surface area contributed by atoms with Crippen LogP contribution in [0.25, 0.3) is 10.2 Å². The van der Waals surface area contributed by atoms with Crippen LogP contribution >= 0.6 is 11.3 Å². The molecule has 2 aromatic carbocycles. The maximum atomic E-state index is 13.1. The highest BCUT2D eigenvalue weighted by Gasteiger charge is 2.24. The molecule has 1 aromatic heterocycles. The lowest BCUT2D eigenvalue weighted by Crippen LogP contribution is -2.32. The second kappa shape index (κ2) is 14.5. The van der Waals surface area contributed by atoms with E-state index >= 15 is 0 Å². The van der Waals surface area contributed by atoms with Crippen molar-refractivity contribution in [3.63, 3.8) is 0 Å². The number of rotatable bonds is 13. The van der Waals surface area contributed by atoms with Crippen LogP contribution in [0.2, 0.25) is 0 Å². The molecule has 0 spiro atoms. The smallest absolute Gasteiger partial charge is 0.338 e. The summed E-state index contributed by atoms with van der Waals surface area (Å²) in [5.41, 5.74) is 1.35. The molecule has 11 nitrogen and oxygen atoms in total. The predicted molar refractivity (Wildman–Crippen MR) is 148 cm³/mol. The average Bonchev–Trinajstić information content (AvgIpc) is 3.29. The first kappa shape index (κ1) is 30.7. The van der Waals surface area contributed by atoms with Gasteiger partial charge in [0, 0.05) is 44.6 Å². The average molecular weight is 584 g/mol. The van der Waals surface area contributed by atoms with E-state index in [0.717, 1.165) is 14.5 Å². The van der Waals surface area contributed by atoms with Gasteiger partial charge in [-0.05, 0) is 56.3 Å². The number of ether oxygens (including phenoxy) is 2. The number of sulfonamides is 1. The van der Waals surface area contributed by atoms with Gasteiger partial charge >= 0.3 is 5.97 Å². The van der Waals surface area contributed by atoms with Crippen LogP contribution in [-0.4, -0.2) is 62.1 Å². The first-order chi connectivity index (χ1) is 19.3. The van der Waals surface area contributed by atoms with Gasteiger partial charge in [-0.2, -0.15) is 19.8 Å². The van der Waals surface area contributed by atoms with Crippen molar-refractivity contribution in [2.75, 3.05) is 32.9 Å². The summed E-state index contributed by atoms with van der Waals surface area (Å²) in [5, 5.41) is 17.7. The van der Waals surface area contributed by atoms with E-state index in [0.29, 0.717) is 30.1 Å². The molecule has 0 aliphatic carbocycles. The van der Waals surface area contributed by atoms with E-state index in [1.165, 1.54) is 35.6 Å². The quantitative estimate of drug-likeness (QED) is 0.219. The van der Waals surface area contributed by atoms with Gasteiger partial charge in [0.05, 0.1) is 46.0 Å². The molecule has 3 aromatic rings. The number of nitrogens with zero attached hydrogens (tertiary/aromatic N) is 5. The lowest BCUT2D eigenvalue weighted by Gasteiger charge is -2.20. The van der Waals surface area contributed by atoms with Gasteiger partial charge in [0.25, 0.3) is 5.91 Å². The third kappa shape index (κ3) is 7.40. The molecule has 0 unspecified atom stereocenters. The van der Waals surface area contributed by atoms with Crippen molar-refractivity contribution < 1.29 is 27.5 Å². The highest BCUT2D eigenvalue weighted by Crippen LogP contribution is 2.21. The van der Waals surface area contributed by atoms with Gasteiger partial charge in [-0.15, -0.1) is 0 Å². The number of hydrogen-bond donors (Lipinski definition) is 0. The third-order valence-corrected chi connectivity index (χ3v) is 8.69. The standard InChI is InChI=1S/C27H29N5O6S2/c1-3-37-18-17-32-23-12-9-21(26(34)38-4-2)19-24(23)39-27(32)30-25(33)20-7-10-22(11-8-20)40(35,36)31(15-5-13-28)16-6-14-29/h7-12,19H,3-6,15-18H2,1-2H3. The lowest BCUT2D eigenvalue weighted by atomic mass is 10.2. The van der Waals surface area contributed by atoms with E-state index in [-0.39, 0.29) is 43.0 Å². The maximum Gasteiger partial charge on any atom is 0.338 e. The summed E-state index contributed by atoms with van der Waals surface area (Å²) in [6, 6.07) is 14.3. The van der Waals surface area contributed by atoms with Crippen molar-refractivity contribution in [2.24, 2.45) is 4.99 Å². The van der Waals surface area contributed by atoms with Crippen molar-refractivity contribution in [1.82, 2.24) is 8.87 Å². The van der Waals surface area contributed by atoms with Gasteiger partial charge in [-0.1, -0.05) is 11.3 Å². The number of esters is 1. The Morgan fingerprint density at radius 1 is 1.00 bits per heavy atom. The molecule has 0 fully saturated rings. The summed E-state index contributed by atoms with van der Waals surface area (Å²) in [6.07, 6.45) is -0.0281. The van der Waals surface area contributed by atoms with Gasteiger partial charge < -0.3 is 14.0 Å². The zero-order chi connectivity index (χ0) is 29.1. The number of aromatic nitrogens is 1. The summed E-state index contributed by atoms with van der Waals surface area (Å²) >= 11 is 1.24. The second-order valence-corrected chi connectivity index (χ2v) is 11.2. The van der Waals surface area contributed by atoms with Crippen molar-refractivity contribution >= 4 is 43.5 Å². The number of amides is 1. The summed E-state index contributed by atoms with van der Waals surface area (Å²) in [6.45, 7) is 5.13. The molecule has 0 N–H and O–H groups in total. The van der Waals surface area contributed by atoms with Crippen LogP contribution < -0.4 is 4.80 Å². The third-order valence-electron chi connectivity index (χ3n) is 5.74. The fraction of sp³-hybridized carbons (Fsp3) is 0.370. The number of thiazole rings is 1. The number of fused-ring (bicyclic) bond motifs is 1. The normalized spacial score (nSPS) is 11.9. The van der Waals surface area contributed by atoms with E-state index in [9.17, 15) is 18.0 Å². The molecule has 3 rings (SSSR count). The maximum absolute atomic E-state index is 13.1. The van der Waals surface area contributed by atoms with E-state index in [4.69, 9.17) is 20.0 Å². The lowest BCUT2D eigenvalue weighted by molar-refractivity contribution is 0.0526. The van der Waals surface area contributed by atoms with Gasteiger partial charge in [-0.25, -0.2) is 13.2 Å². The van der Waals surface area contributed by atoms with Crippen LogP contribution in [0.5, 0.6) is 0 Å². The highest BCUT2D eigenvalue weighted by atomic mass is 32.2. The van der Waals surface area contributed by atoms with Crippen LogP contribution in [0.3, 0.4) is 0 Å². The van der Waals surface area contributed by atoms with Crippen LogP contribution in [0.1, 0.15) is 47.4 Å². The summed E-state index contributed by atoms with van der Waals surface area (Å²) in [7, 11) is -3.96. The Hall–Kier alpha value is -3.88. The molecule has 0 saturated carbocycles. The Labute approximate surface area is 236 Å². The Bertz CT molecular complexity index is 1590. The largest absolute Gasteiger partial charge is 0.462 e. The molecular weight excluding hydrogens is 554 g/mol. The zero-order valence-electron chi connectivity index (χ0n) is 22.2. The molecule has 13 heteroatoms. The van der Waals surface area contributed by atoms with E-state index in [2.05, 4.69) is 4.99 Å². The van der Waals surface area contributed by atoms with Gasteiger partial charge in [0.1, 0.15) is 0 Å². The van der Waals surface area contributed by atoms with Gasteiger partial charge in [-0.3, -0.25) is 4.79 Å². The van der Waals surface area contributed by atoms with Gasteiger partial charge in [0.15, 0.2) is 4.80 Å². The summed E-state index contributed by atoms with van der Waals surface area (Å²) in [4.78, 5) is 29.9. The van der Waals surface area contributed by atoms with Crippen molar-refractivity contribution in [2.45, 2.75) is 38.1 Å². The molecule has 0 atom stereocenters. The molecule has 0 aliphatic rings. The zero-order valence-corrected chi connectivity index (χ0v) is 23.8. The molecular formula is C27H29N5O6S2. The molecule has 210 valence electrons. The van der Waals surface area contributed by atoms with Crippen molar-refractivity contribution in [1.29, 1.82) is 10.5 Å². The number of carbonyl (C=O) groups excluding carboxylic acids is 2. The molecule has 1 heterocycles. The number of hydrogen-bond acceptors (Lipinski definition) is 9. The Morgan fingerprint density at radius 2 is 1.65 bits per heavy atom. The van der Waals surface area contributed by atoms with Crippen LogP contribution in [-0.2, 0) is 26.0 Å². The van der Waals surface area contributed by atoms with Crippen LogP contribution in [0.15, 0.2) is 52.4 Å². The minimum Gasteiger partial charge on any atom is -0.462 e.